The van der Waals surface area contributed by atoms with Gasteiger partial charge >= 0.3 is 5.97 Å². The highest BCUT2D eigenvalue weighted by Gasteiger charge is 2.11. The molecule has 22 heavy (non-hydrogen) atoms. The molecule has 1 aromatic carbocycles. The zero-order valence-electron chi connectivity index (χ0n) is 12.9. The van der Waals surface area contributed by atoms with Crippen molar-refractivity contribution in [3.8, 4) is 0 Å². The normalized spacial score (nSPS) is 12.2. The first kappa shape index (κ1) is 19.1. The van der Waals surface area contributed by atoms with Crippen LogP contribution >= 0.6 is 23.2 Å². The van der Waals surface area contributed by atoms with Gasteiger partial charge in [0.2, 0.25) is 0 Å². The summed E-state index contributed by atoms with van der Waals surface area (Å²) in [6.45, 7) is 3.54. The summed E-state index contributed by atoms with van der Waals surface area (Å²) in [7, 11) is 0. The van der Waals surface area contributed by atoms with Crippen LogP contribution in [0.15, 0.2) is 18.2 Å². The van der Waals surface area contributed by atoms with Gasteiger partial charge in [0.1, 0.15) is 0 Å². The van der Waals surface area contributed by atoms with Crippen molar-refractivity contribution < 1.29 is 9.90 Å². The first-order chi connectivity index (χ1) is 10.5. The highest BCUT2D eigenvalue weighted by Crippen LogP contribution is 2.21. The third kappa shape index (κ3) is 6.42. The largest absolute Gasteiger partial charge is 0.481 e. The number of carboxylic acids is 1. The predicted octanol–water partition coefficient (Wildman–Crippen LogP) is 3.01. The standard InChI is InChI=1S/C16H24Cl2N2O2/c1-12-2-5-15(20(8-6-17)9-7-18)10-13(12)3-4-14(19)11-16(21)22/h2,5,10,14H,3-4,6-9,11,19H2,1H3,(H,21,22)/t14-/m0/s1. The second-order valence-corrected chi connectivity index (χ2v) is 6.13. The molecule has 0 aliphatic rings. The summed E-state index contributed by atoms with van der Waals surface area (Å²) >= 11 is 11.7. The molecule has 6 heteroatoms. The van der Waals surface area contributed by atoms with Gasteiger partial charge in [-0.2, -0.15) is 0 Å². The van der Waals surface area contributed by atoms with E-state index in [0.29, 0.717) is 18.2 Å². The molecule has 0 aliphatic carbocycles. The summed E-state index contributed by atoms with van der Waals surface area (Å²) in [5, 5.41) is 8.76. The highest BCUT2D eigenvalue weighted by molar-refractivity contribution is 6.18. The summed E-state index contributed by atoms with van der Waals surface area (Å²) in [5.41, 5.74) is 9.30. The third-order valence-electron chi connectivity index (χ3n) is 3.63. The van der Waals surface area contributed by atoms with E-state index in [1.165, 1.54) is 11.1 Å². The number of carbonyl (C=O) groups is 1. The molecule has 3 N–H and O–H groups in total. The molecule has 4 nitrogen and oxygen atoms in total. The van der Waals surface area contributed by atoms with Crippen molar-refractivity contribution in [1.82, 2.24) is 0 Å². The fraction of sp³-hybridized carbons (Fsp3) is 0.562. The Balaban J connectivity index is 2.78. The van der Waals surface area contributed by atoms with E-state index in [0.717, 1.165) is 25.2 Å². The maximum Gasteiger partial charge on any atom is 0.304 e. The second-order valence-electron chi connectivity index (χ2n) is 5.37. The summed E-state index contributed by atoms with van der Waals surface area (Å²) < 4.78 is 0. The van der Waals surface area contributed by atoms with Gasteiger partial charge in [-0.1, -0.05) is 6.07 Å². The summed E-state index contributed by atoms with van der Waals surface area (Å²) in [6, 6.07) is 5.95. The molecule has 1 rings (SSSR count). The number of anilines is 1. The molecule has 0 fully saturated rings. The summed E-state index contributed by atoms with van der Waals surface area (Å²) in [4.78, 5) is 12.8. The number of nitrogens with zero attached hydrogens (tertiary/aromatic N) is 1. The topological polar surface area (TPSA) is 66.6 Å². The van der Waals surface area contributed by atoms with Gasteiger partial charge in [-0.25, -0.2) is 0 Å². The van der Waals surface area contributed by atoms with E-state index in [1.54, 1.807) is 0 Å². The van der Waals surface area contributed by atoms with Crippen molar-refractivity contribution in [2.24, 2.45) is 5.73 Å². The minimum atomic E-state index is -0.853. The fourth-order valence-electron chi connectivity index (χ4n) is 2.37. The van der Waals surface area contributed by atoms with Crippen LogP contribution in [-0.2, 0) is 11.2 Å². The van der Waals surface area contributed by atoms with E-state index in [2.05, 4.69) is 30.0 Å². The minimum Gasteiger partial charge on any atom is -0.481 e. The average Bonchev–Trinajstić information content (AvgIpc) is 2.45. The van der Waals surface area contributed by atoms with Crippen molar-refractivity contribution in [3.63, 3.8) is 0 Å². The van der Waals surface area contributed by atoms with Crippen LogP contribution in [0.2, 0.25) is 0 Å². The molecule has 124 valence electrons. The molecular formula is C16H24Cl2N2O2. The van der Waals surface area contributed by atoms with Crippen LogP contribution in [0.3, 0.4) is 0 Å². The molecular weight excluding hydrogens is 323 g/mol. The summed E-state index contributed by atoms with van der Waals surface area (Å²) in [5.74, 6) is 0.237. The number of aryl methyl sites for hydroxylation is 2. The van der Waals surface area contributed by atoms with Crippen LogP contribution in [0.5, 0.6) is 0 Å². The molecule has 0 amide bonds. The lowest BCUT2D eigenvalue weighted by Crippen LogP contribution is -2.27. The number of aliphatic carboxylic acids is 1. The number of rotatable bonds is 10. The molecule has 1 atom stereocenters. The van der Waals surface area contributed by atoms with Gasteiger partial charge in [0.25, 0.3) is 0 Å². The van der Waals surface area contributed by atoms with E-state index >= 15 is 0 Å². The number of nitrogens with two attached hydrogens (primary N) is 1. The Hall–Kier alpha value is -0.970. The Bertz CT molecular complexity index is 477. The van der Waals surface area contributed by atoms with Crippen molar-refractivity contribution in [3.05, 3.63) is 29.3 Å². The molecule has 0 spiro atoms. The SMILES string of the molecule is Cc1ccc(N(CCCl)CCCl)cc1CC[C@H](N)CC(=O)O. The fourth-order valence-corrected chi connectivity index (χ4v) is 2.77. The van der Waals surface area contributed by atoms with E-state index in [4.69, 9.17) is 34.0 Å². The van der Waals surface area contributed by atoms with E-state index in [1.807, 2.05) is 0 Å². The second kappa shape index (κ2) is 9.93. The smallest absolute Gasteiger partial charge is 0.304 e. The minimum absolute atomic E-state index is 0.00333. The van der Waals surface area contributed by atoms with Crippen LogP contribution in [0.1, 0.15) is 24.0 Å². The van der Waals surface area contributed by atoms with Gasteiger partial charge in [0.05, 0.1) is 6.42 Å². The van der Waals surface area contributed by atoms with Crippen molar-refractivity contribution in [2.45, 2.75) is 32.2 Å². The first-order valence-electron chi connectivity index (χ1n) is 7.41. The molecule has 0 bridgehead atoms. The number of alkyl halides is 2. The van der Waals surface area contributed by atoms with Gasteiger partial charge in [-0.15, -0.1) is 23.2 Å². The zero-order valence-corrected chi connectivity index (χ0v) is 14.4. The predicted molar refractivity (Wildman–Crippen MR) is 93.4 cm³/mol. The van der Waals surface area contributed by atoms with E-state index in [9.17, 15) is 4.79 Å². The van der Waals surface area contributed by atoms with Crippen LogP contribution in [0.4, 0.5) is 5.69 Å². The Morgan fingerprint density at radius 3 is 2.50 bits per heavy atom. The van der Waals surface area contributed by atoms with Gasteiger partial charge in [-0.3, -0.25) is 4.79 Å². The Morgan fingerprint density at radius 2 is 1.95 bits per heavy atom. The molecule has 0 saturated carbocycles. The number of hydrogen-bond acceptors (Lipinski definition) is 3. The quantitative estimate of drug-likeness (QED) is 0.639. The Kier molecular flexibility index (Phi) is 8.61. The molecule has 0 aliphatic heterocycles. The van der Waals surface area contributed by atoms with Crippen molar-refractivity contribution in [1.29, 1.82) is 0 Å². The zero-order chi connectivity index (χ0) is 16.5. The maximum atomic E-state index is 10.7. The number of benzene rings is 1. The van der Waals surface area contributed by atoms with Crippen LogP contribution in [0, 0.1) is 6.92 Å². The van der Waals surface area contributed by atoms with Crippen LogP contribution < -0.4 is 10.6 Å². The van der Waals surface area contributed by atoms with Crippen LogP contribution in [0.25, 0.3) is 0 Å². The Labute approximate surface area is 142 Å². The molecule has 0 radical (unpaired) electrons. The summed E-state index contributed by atoms with van der Waals surface area (Å²) in [6.07, 6.45) is 1.43. The van der Waals surface area contributed by atoms with Gasteiger partial charge in [-0.05, 0) is 43.0 Å². The number of halogens is 2. The Morgan fingerprint density at radius 1 is 1.32 bits per heavy atom. The van der Waals surface area contributed by atoms with Gasteiger partial charge < -0.3 is 15.7 Å². The van der Waals surface area contributed by atoms with Crippen LogP contribution in [-0.4, -0.2) is 42.0 Å². The molecule has 0 aromatic heterocycles. The molecule has 0 heterocycles. The van der Waals surface area contributed by atoms with Gasteiger partial charge in [0.15, 0.2) is 0 Å². The van der Waals surface area contributed by atoms with Crippen molar-refractivity contribution >= 4 is 34.9 Å². The third-order valence-corrected chi connectivity index (χ3v) is 3.97. The van der Waals surface area contributed by atoms with E-state index in [-0.39, 0.29) is 12.5 Å². The average molecular weight is 347 g/mol. The lowest BCUT2D eigenvalue weighted by atomic mass is 9.99. The monoisotopic (exact) mass is 346 g/mol. The molecule has 1 aromatic rings. The molecule has 0 unspecified atom stereocenters. The van der Waals surface area contributed by atoms with Crippen molar-refractivity contribution in [2.75, 3.05) is 29.7 Å². The molecule has 0 saturated heterocycles. The lowest BCUT2D eigenvalue weighted by Gasteiger charge is -2.24. The number of hydrogen-bond donors (Lipinski definition) is 2. The first-order valence-corrected chi connectivity index (χ1v) is 8.48. The maximum absolute atomic E-state index is 10.7. The van der Waals surface area contributed by atoms with E-state index < -0.39 is 5.97 Å². The van der Waals surface area contributed by atoms with Gasteiger partial charge in [0, 0.05) is 36.6 Å². The highest BCUT2D eigenvalue weighted by atomic mass is 35.5. The lowest BCUT2D eigenvalue weighted by molar-refractivity contribution is -0.137. The number of carboxylic acid groups (broad SMARTS) is 1.